The zero-order valence-corrected chi connectivity index (χ0v) is 18.0. The van der Waals surface area contributed by atoms with Gasteiger partial charge in [-0.1, -0.05) is 17.7 Å². The second kappa shape index (κ2) is 9.32. The van der Waals surface area contributed by atoms with Gasteiger partial charge >= 0.3 is 6.09 Å². The number of benzene rings is 1. The van der Waals surface area contributed by atoms with E-state index in [1.807, 2.05) is 31.2 Å². The molecule has 154 valence electrons. The third kappa shape index (κ3) is 5.10. The van der Waals surface area contributed by atoms with E-state index in [1.165, 1.54) is 24.0 Å². The van der Waals surface area contributed by atoms with Crippen molar-refractivity contribution >= 4 is 46.0 Å². The van der Waals surface area contributed by atoms with Crippen LogP contribution in [0.5, 0.6) is 0 Å². The molecule has 9 heteroatoms. The quantitative estimate of drug-likeness (QED) is 0.680. The molecule has 3 rings (SSSR count). The van der Waals surface area contributed by atoms with Gasteiger partial charge in [0.25, 0.3) is 5.91 Å². The van der Waals surface area contributed by atoms with E-state index in [9.17, 15) is 14.4 Å². The van der Waals surface area contributed by atoms with E-state index < -0.39 is 12.0 Å². The fourth-order valence-electron chi connectivity index (χ4n) is 3.12. The summed E-state index contributed by atoms with van der Waals surface area (Å²) in [6.45, 7) is 2.81. The number of fused-ring (bicyclic) bond motifs is 1. The van der Waals surface area contributed by atoms with Crippen molar-refractivity contribution in [2.45, 2.75) is 31.2 Å². The van der Waals surface area contributed by atoms with Crippen molar-refractivity contribution in [2.75, 3.05) is 24.7 Å². The van der Waals surface area contributed by atoms with Gasteiger partial charge in [-0.25, -0.2) is 4.79 Å². The van der Waals surface area contributed by atoms with Crippen LogP contribution in [0.1, 0.15) is 32.8 Å². The number of nitrogens with zero attached hydrogens (tertiary/aromatic N) is 1. The smallest absolute Gasteiger partial charge is 0.409 e. The van der Waals surface area contributed by atoms with E-state index in [-0.39, 0.29) is 5.91 Å². The molecule has 0 bridgehead atoms. The minimum Gasteiger partial charge on any atom is -0.453 e. The number of thiophene rings is 1. The Morgan fingerprint density at radius 2 is 2.00 bits per heavy atom. The fourth-order valence-corrected chi connectivity index (χ4v) is 5.26. The maximum atomic E-state index is 12.4. The predicted octanol–water partition coefficient (Wildman–Crippen LogP) is 3.40. The molecule has 0 radical (unpaired) electrons. The van der Waals surface area contributed by atoms with Crippen LogP contribution in [0.25, 0.3) is 0 Å². The second-order valence-corrected chi connectivity index (χ2v) is 8.95. The maximum Gasteiger partial charge on any atom is 0.409 e. The first-order valence-corrected chi connectivity index (χ1v) is 11.0. The standard InChI is InChI=1S/C20H23N3O4S2/c1-12-3-5-13(6-4-12)28-10-8-16(24)22-19-17(18(21)25)14-7-9-23(20(26)27-2)11-15(14)29-19/h3-6H,7-11H2,1-2H3,(H2,21,25)(H,22,24). The van der Waals surface area contributed by atoms with Crippen molar-refractivity contribution in [3.63, 3.8) is 0 Å². The molecule has 3 amide bonds. The lowest BCUT2D eigenvalue weighted by molar-refractivity contribution is -0.115. The minimum absolute atomic E-state index is 0.171. The molecule has 3 N–H and O–H groups in total. The zero-order valence-electron chi connectivity index (χ0n) is 16.3. The predicted molar refractivity (Wildman–Crippen MR) is 115 cm³/mol. The molecule has 0 saturated heterocycles. The SMILES string of the molecule is COC(=O)N1CCc2c(sc(NC(=O)CCSc3ccc(C)cc3)c2C(N)=O)C1. The van der Waals surface area contributed by atoms with Gasteiger partial charge in [0.2, 0.25) is 5.91 Å². The lowest BCUT2D eigenvalue weighted by atomic mass is 10.0. The van der Waals surface area contributed by atoms with Crippen molar-refractivity contribution in [3.8, 4) is 0 Å². The summed E-state index contributed by atoms with van der Waals surface area (Å²) < 4.78 is 4.77. The lowest BCUT2D eigenvalue weighted by Gasteiger charge is -2.25. The molecule has 0 aliphatic carbocycles. The maximum absolute atomic E-state index is 12.4. The fraction of sp³-hybridized carbons (Fsp3) is 0.350. The number of methoxy groups -OCH3 is 1. The number of thioether (sulfide) groups is 1. The molecule has 2 aromatic rings. The van der Waals surface area contributed by atoms with E-state index in [4.69, 9.17) is 10.5 Å². The summed E-state index contributed by atoms with van der Waals surface area (Å²) in [5.74, 6) is -0.115. The number of nitrogens with two attached hydrogens (primary N) is 1. The van der Waals surface area contributed by atoms with Crippen molar-refractivity contribution in [1.82, 2.24) is 4.90 Å². The summed E-state index contributed by atoms with van der Waals surface area (Å²) in [4.78, 5) is 39.7. The van der Waals surface area contributed by atoms with Gasteiger partial charge in [-0.05, 0) is 31.0 Å². The van der Waals surface area contributed by atoms with Gasteiger partial charge in [-0.15, -0.1) is 23.1 Å². The van der Waals surface area contributed by atoms with Crippen LogP contribution in [0.3, 0.4) is 0 Å². The number of ether oxygens (including phenoxy) is 1. The first-order valence-electron chi connectivity index (χ1n) is 9.15. The third-order valence-electron chi connectivity index (χ3n) is 4.61. The number of hydrogen-bond donors (Lipinski definition) is 2. The Kier molecular flexibility index (Phi) is 6.81. The Morgan fingerprint density at radius 1 is 1.28 bits per heavy atom. The van der Waals surface area contributed by atoms with E-state index in [0.29, 0.717) is 42.2 Å². The van der Waals surface area contributed by atoms with Gasteiger partial charge in [0.1, 0.15) is 5.00 Å². The molecule has 0 saturated carbocycles. The van der Waals surface area contributed by atoms with Gasteiger partial charge in [-0.2, -0.15) is 0 Å². The van der Waals surface area contributed by atoms with Crippen LogP contribution in [-0.2, 0) is 22.5 Å². The topological polar surface area (TPSA) is 102 Å². The minimum atomic E-state index is -0.571. The summed E-state index contributed by atoms with van der Waals surface area (Å²) in [5, 5.41) is 3.29. The van der Waals surface area contributed by atoms with Crippen LogP contribution in [0.4, 0.5) is 9.80 Å². The van der Waals surface area contributed by atoms with Gasteiger partial charge < -0.3 is 20.7 Å². The summed E-state index contributed by atoms with van der Waals surface area (Å²) in [6.07, 6.45) is 0.398. The van der Waals surface area contributed by atoms with Crippen LogP contribution >= 0.6 is 23.1 Å². The summed E-state index contributed by atoms with van der Waals surface area (Å²) >= 11 is 2.90. The highest BCUT2D eigenvalue weighted by molar-refractivity contribution is 7.99. The molecular formula is C20H23N3O4S2. The number of rotatable bonds is 6. The van der Waals surface area contributed by atoms with E-state index >= 15 is 0 Å². The number of hydrogen-bond acceptors (Lipinski definition) is 6. The number of carbonyl (C=O) groups excluding carboxylic acids is 3. The van der Waals surface area contributed by atoms with Crippen LogP contribution < -0.4 is 11.1 Å². The van der Waals surface area contributed by atoms with Crippen molar-refractivity contribution in [1.29, 1.82) is 0 Å². The Labute approximate surface area is 177 Å². The van der Waals surface area contributed by atoms with Crippen molar-refractivity contribution < 1.29 is 19.1 Å². The molecule has 1 aliphatic rings. The molecule has 0 spiro atoms. The molecule has 0 fully saturated rings. The van der Waals surface area contributed by atoms with Gasteiger partial charge in [0.15, 0.2) is 0 Å². The van der Waals surface area contributed by atoms with Crippen LogP contribution in [0.2, 0.25) is 0 Å². The number of aryl methyl sites for hydroxylation is 1. The number of nitrogens with one attached hydrogen (secondary N) is 1. The molecular weight excluding hydrogens is 410 g/mol. The second-order valence-electron chi connectivity index (χ2n) is 6.67. The Morgan fingerprint density at radius 3 is 2.66 bits per heavy atom. The van der Waals surface area contributed by atoms with Crippen molar-refractivity contribution in [3.05, 3.63) is 45.8 Å². The number of primary amides is 1. The van der Waals surface area contributed by atoms with Gasteiger partial charge in [0, 0.05) is 28.5 Å². The van der Waals surface area contributed by atoms with Crippen LogP contribution in [0, 0.1) is 6.92 Å². The molecule has 0 atom stereocenters. The number of amides is 3. The highest BCUT2D eigenvalue weighted by atomic mass is 32.2. The summed E-state index contributed by atoms with van der Waals surface area (Å²) in [7, 11) is 1.33. The first-order chi connectivity index (χ1) is 13.9. The number of carbonyl (C=O) groups is 3. The average molecular weight is 434 g/mol. The summed E-state index contributed by atoms with van der Waals surface area (Å²) in [6, 6.07) is 8.14. The highest BCUT2D eigenvalue weighted by Gasteiger charge is 2.29. The normalized spacial score (nSPS) is 13.0. The van der Waals surface area contributed by atoms with E-state index in [1.54, 1.807) is 16.7 Å². The molecule has 1 aromatic carbocycles. The molecule has 7 nitrogen and oxygen atoms in total. The zero-order chi connectivity index (χ0) is 21.0. The highest BCUT2D eigenvalue weighted by Crippen LogP contribution is 2.37. The van der Waals surface area contributed by atoms with Crippen molar-refractivity contribution in [2.24, 2.45) is 5.73 Å². The Bertz CT molecular complexity index is 925. The van der Waals surface area contributed by atoms with Crippen LogP contribution in [0.15, 0.2) is 29.2 Å². The molecule has 2 heterocycles. The molecule has 1 aromatic heterocycles. The Balaban J connectivity index is 1.64. The molecule has 29 heavy (non-hydrogen) atoms. The molecule has 0 unspecified atom stereocenters. The van der Waals surface area contributed by atoms with Crippen LogP contribution in [-0.4, -0.2) is 42.2 Å². The van der Waals surface area contributed by atoms with E-state index in [2.05, 4.69) is 5.32 Å². The largest absolute Gasteiger partial charge is 0.453 e. The van der Waals surface area contributed by atoms with E-state index in [0.717, 1.165) is 15.3 Å². The molecule has 1 aliphatic heterocycles. The average Bonchev–Trinajstić information content (AvgIpc) is 3.05. The lowest BCUT2D eigenvalue weighted by Crippen LogP contribution is -2.35. The first kappa shape index (κ1) is 21.2. The monoisotopic (exact) mass is 433 g/mol. The van der Waals surface area contributed by atoms with Gasteiger partial charge in [0.05, 0.1) is 19.2 Å². The summed E-state index contributed by atoms with van der Waals surface area (Å²) in [5.41, 5.74) is 7.94. The van der Waals surface area contributed by atoms with Gasteiger partial charge in [-0.3, -0.25) is 9.59 Å². The Hall–Kier alpha value is -2.52. The third-order valence-corrected chi connectivity index (χ3v) is 6.75. The number of anilines is 1.